The lowest BCUT2D eigenvalue weighted by Crippen LogP contribution is -2.20. The molecule has 1 aliphatic heterocycles. The Kier molecular flexibility index (Phi) is 4.39. The van der Waals surface area contributed by atoms with Crippen molar-refractivity contribution in [1.29, 1.82) is 0 Å². The summed E-state index contributed by atoms with van der Waals surface area (Å²) >= 11 is 0. The van der Waals surface area contributed by atoms with Gasteiger partial charge in [0.1, 0.15) is 0 Å². The van der Waals surface area contributed by atoms with E-state index < -0.39 is 0 Å². The molecule has 3 aromatic rings. The van der Waals surface area contributed by atoms with E-state index in [1.807, 2.05) is 0 Å². The van der Waals surface area contributed by atoms with Gasteiger partial charge in [-0.1, -0.05) is 60.7 Å². The normalized spacial score (nSPS) is 13.8. The van der Waals surface area contributed by atoms with Gasteiger partial charge >= 0.3 is 0 Å². The van der Waals surface area contributed by atoms with Crippen LogP contribution in [-0.4, -0.2) is 23.2 Å². The second kappa shape index (κ2) is 6.83. The van der Waals surface area contributed by atoms with E-state index in [0.29, 0.717) is 0 Å². The van der Waals surface area contributed by atoms with Crippen LogP contribution in [0.2, 0.25) is 0 Å². The quantitative estimate of drug-likeness (QED) is 0.754. The van der Waals surface area contributed by atoms with E-state index in [1.165, 1.54) is 38.9 Å². The summed E-state index contributed by atoms with van der Waals surface area (Å²) in [5.41, 5.74) is 9.21. The summed E-state index contributed by atoms with van der Waals surface area (Å²) in [6, 6.07) is 23.9. The monoisotopic (exact) mass is 329 g/mol. The van der Waals surface area contributed by atoms with Gasteiger partial charge < -0.3 is 5.11 Å². The number of β-amino-alcohol motifs (C(OH)–C–C–N with tert-alkyl or cyclic N) is 1. The Morgan fingerprint density at radius 1 is 0.800 bits per heavy atom. The van der Waals surface area contributed by atoms with Crippen LogP contribution >= 0.6 is 0 Å². The Morgan fingerprint density at radius 3 is 2.28 bits per heavy atom. The summed E-state index contributed by atoms with van der Waals surface area (Å²) in [6.07, 6.45) is 0. The van der Waals surface area contributed by atoms with Gasteiger partial charge in [-0.25, -0.2) is 0 Å². The van der Waals surface area contributed by atoms with Gasteiger partial charge in [0.2, 0.25) is 0 Å². The third-order valence-electron chi connectivity index (χ3n) is 5.14. The molecule has 0 aromatic heterocycles. The van der Waals surface area contributed by atoms with Crippen molar-refractivity contribution in [3.8, 4) is 22.3 Å². The number of aliphatic hydroxyl groups is 1. The Bertz CT molecular complexity index is 886. The molecule has 1 aliphatic rings. The first-order valence-electron chi connectivity index (χ1n) is 8.86. The first-order valence-corrected chi connectivity index (χ1v) is 8.86. The van der Waals surface area contributed by atoms with Crippen LogP contribution in [0.1, 0.15) is 16.7 Å². The fraction of sp³-hybridized carbons (Fsp3) is 0.217. The number of hydrogen-bond donors (Lipinski definition) is 1. The van der Waals surface area contributed by atoms with Crippen LogP contribution in [0, 0.1) is 6.92 Å². The third-order valence-corrected chi connectivity index (χ3v) is 5.14. The molecule has 2 nitrogen and oxygen atoms in total. The molecular weight excluding hydrogens is 306 g/mol. The predicted octanol–water partition coefficient (Wildman–Crippen LogP) is 4.64. The van der Waals surface area contributed by atoms with Gasteiger partial charge in [-0.05, 0) is 51.9 Å². The molecule has 0 fully saturated rings. The molecule has 1 N–H and O–H groups in total. The molecule has 0 spiro atoms. The highest BCUT2D eigenvalue weighted by atomic mass is 16.3. The van der Waals surface area contributed by atoms with E-state index in [0.717, 1.165) is 19.6 Å². The van der Waals surface area contributed by atoms with Gasteiger partial charge in [-0.2, -0.15) is 0 Å². The molecule has 3 aromatic carbocycles. The van der Waals surface area contributed by atoms with Crippen LogP contribution in [-0.2, 0) is 13.1 Å². The average molecular weight is 329 g/mol. The van der Waals surface area contributed by atoms with Crippen molar-refractivity contribution in [1.82, 2.24) is 4.90 Å². The Hall–Kier alpha value is -2.42. The summed E-state index contributed by atoms with van der Waals surface area (Å²) in [5, 5.41) is 9.17. The number of fused-ring (bicyclic) bond motifs is 1. The number of rotatable bonds is 4. The molecule has 4 rings (SSSR count). The van der Waals surface area contributed by atoms with E-state index in [1.54, 1.807) is 0 Å². The van der Waals surface area contributed by atoms with Crippen LogP contribution in [0.4, 0.5) is 0 Å². The topological polar surface area (TPSA) is 23.5 Å². The fourth-order valence-corrected chi connectivity index (χ4v) is 3.81. The standard InChI is InChI=1S/C23H23NO/c1-17-22(18-6-3-2-4-7-18)8-5-9-23(17)19-10-11-20-15-24(12-13-25)16-21(20)14-19/h2-11,14,25H,12-13,15-16H2,1H3. The molecule has 0 aliphatic carbocycles. The van der Waals surface area contributed by atoms with Crippen molar-refractivity contribution in [3.05, 3.63) is 83.4 Å². The van der Waals surface area contributed by atoms with Gasteiger partial charge in [-0.15, -0.1) is 0 Å². The first-order chi connectivity index (χ1) is 12.3. The zero-order valence-corrected chi connectivity index (χ0v) is 14.6. The minimum absolute atomic E-state index is 0.221. The summed E-state index contributed by atoms with van der Waals surface area (Å²) in [5.74, 6) is 0. The van der Waals surface area contributed by atoms with Crippen LogP contribution < -0.4 is 0 Å². The highest BCUT2D eigenvalue weighted by Crippen LogP contribution is 2.34. The van der Waals surface area contributed by atoms with Gasteiger partial charge in [0, 0.05) is 19.6 Å². The zero-order valence-electron chi connectivity index (χ0n) is 14.6. The zero-order chi connectivity index (χ0) is 17.2. The van der Waals surface area contributed by atoms with Crippen LogP contribution in [0.15, 0.2) is 66.7 Å². The smallest absolute Gasteiger partial charge is 0.0558 e. The lowest BCUT2D eigenvalue weighted by atomic mass is 9.91. The molecule has 126 valence electrons. The minimum atomic E-state index is 0.221. The third kappa shape index (κ3) is 3.11. The highest BCUT2D eigenvalue weighted by molar-refractivity contribution is 5.78. The van der Waals surface area contributed by atoms with E-state index >= 15 is 0 Å². The first kappa shape index (κ1) is 16.1. The van der Waals surface area contributed by atoms with Crippen molar-refractivity contribution < 1.29 is 5.11 Å². The van der Waals surface area contributed by atoms with Gasteiger partial charge in [0.05, 0.1) is 6.61 Å². The number of nitrogens with zero attached hydrogens (tertiary/aromatic N) is 1. The number of benzene rings is 3. The SMILES string of the molecule is Cc1c(-c2ccccc2)cccc1-c1ccc2c(c1)CN(CCO)C2. The molecule has 0 unspecified atom stereocenters. The van der Waals surface area contributed by atoms with Crippen molar-refractivity contribution >= 4 is 0 Å². The maximum absolute atomic E-state index is 9.17. The van der Waals surface area contributed by atoms with Gasteiger partial charge in [0.15, 0.2) is 0 Å². The molecule has 0 atom stereocenters. The second-order valence-corrected chi connectivity index (χ2v) is 6.76. The van der Waals surface area contributed by atoms with Crippen molar-refractivity contribution in [3.63, 3.8) is 0 Å². The maximum atomic E-state index is 9.17. The van der Waals surface area contributed by atoms with Crippen molar-refractivity contribution in [2.75, 3.05) is 13.2 Å². The molecule has 0 bridgehead atoms. The Morgan fingerprint density at radius 2 is 1.52 bits per heavy atom. The molecule has 1 heterocycles. The molecular formula is C23H23NO. The fourth-order valence-electron chi connectivity index (χ4n) is 3.81. The molecule has 25 heavy (non-hydrogen) atoms. The number of aliphatic hydroxyl groups excluding tert-OH is 1. The molecule has 2 heteroatoms. The lowest BCUT2D eigenvalue weighted by molar-refractivity contribution is 0.198. The summed E-state index contributed by atoms with van der Waals surface area (Å²) < 4.78 is 0. The Balaban J connectivity index is 1.71. The van der Waals surface area contributed by atoms with Crippen LogP contribution in [0.5, 0.6) is 0 Å². The van der Waals surface area contributed by atoms with Crippen molar-refractivity contribution in [2.45, 2.75) is 20.0 Å². The lowest BCUT2D eigenvalue weighted by Gasteiger charge is -2.13. The number of hydrogen-bond acceptors (Lipinski definition) is 2. The predicted molar refractivity (Wildman–Crippen MR) is 103 cm³/mol. The molecule has 0 amide bonds. The Labute approximate surface area is 149 Å². The highest BCUT2D eigenvalue weighted by Gasteiger charge is 2.19. The summed E-state index contributed by atoms with van der Waals surface area (Å²) in [6.45, 7) is 5.05. The van der Waals surface area contributed by atoms with Gasteiger partial charge in [-0.3, -0.25) is 4.90 Å². The molecule has 0 saturated heterocycles. The van der Waals surface area contributed by atoms with E-state index in [-0.39, 0.29) is 6.61 Å². The van der Waals surface area contributed by atoms with E-state index in [9.17, 15) is 5.11 Å². The van der Waals surface area contributed by atoms with E-state index in [4.69, 9.17) is 0 Å². The minimum Gasteiger partial charge on any atom is -0.395 e. The summed E-state index contributed by atoms with van der Waals surface area (Å²) in [7, 11) is 0. The largest absolute Gasteiger partial charge is 0.395 e. The maximum Gasteiger partial charge on any atom is 0.0558 e. The second-order valence-electron chi connectivity index (χ2n) is 6.76. The molecule has 0 saturated carbocycles. The van der Waals surface area contributed by atoms with Gasteiger partial charge in [0.25, 0.3) is 0 Å². The van der Waals surface area contributed by atoms with Crippen molar-refractivity contribution in [2.24, 2.45) is 0 Å². The van der Waals surface area contributed by atoms with E-state index in [2.05, 4.69) is 78.6 Å². The molecule has 0 radical (unpaired) electrons. The average Bonchev–Trinajstić information content (AvgIpc) is 3.04. The summed E-state index contributed by atoms with van der Waals surface area (Å²) in [4.78, 5) is 2.29. The van der Waals surface area contributed by atoms with Crippen LogP contribution in [0.25, 0.3) is 22.3 Å². The van der Waals surface area contributed by atoms with Crippen LogP contribution in [0.3, 0.4) is 0 Å².